The second kappa shape index (κ2) is 2.73. The summed E-state index contributed by atoms with van der Waals surface area (Å²) >= 11 is 0. The van der Waals surface area contributed by atoms with Gasteiger partial charge in [-0.3, -0.25) is 4.79 Å². The van der Waals surface area contributed by atoms with Crippen LogP contribution in [0.2, 0.25) is 0 Å². The Hall–Kier alpha value is -1.52. The largest absolute Gasteiger partial charge is 0.417 e. The molecule has 5 heteroatoms. The molecule has 0 aromatic heterocycles. The maximum Gasteiger partial charge on any atom is 0.417 e. The quantitative estimate of drug-likeness (QED) is 0.682. The standard InChI is InChI=1S/C9H6F3NO/c10-9(11,12)6-3-1-2-5-4-13-8(14)7(5)6/h1-3H,4H2,(H,13,14). The zero-order chi connectivity index (χ0) is 10.3. The highest BCUT2D eigenvalue weighted by molar-refractivity contribution is 5.99. The van der Waals surface area contributed by atoms with E-state index >= 15 is 0 Å². The number of benzene rings is 1. The molecule has 0 bridgehead atoms. The molecule has 0 atom stereocenters. The van der Waals surface area contributed by atoms with Crippen molar-refractivity contribution < 1.29 is 18.0 Å². The number of carbonyl (C=O) groups excluding carboxylic acids is 1. The molecule has 1 aromatic rings. The van der Waals surface area contributed by atoms with Gasteiger partial charge in [0.05, 0.1) is 11.1 Å². The molecule has 1 heterocycles. The Morgan fingerprint density at radius 1 is 1.29 bits per heavy atom. The summed E-state index contributed by atoms with van der Waals surface area (Å²) in [6.45, 7) is 0.179. The second-order valence-electron chi connectivity index (χ2n) is 3.02. The average Bonchev–Trinajstić information content (AvgIpc) is 2.46. The van der Waals surface area contributed by atoms with E-state index in [1.54, 1.807) is 0 Å². The van der Waals surface area contributed by atoms with Gasteiger partial charge in [0.15, 0.2) is 0 Å². The molecule has 74 valence electrons. The predicted molar refractivity (Wildman–Crippen MR) is 42.6 cm³/mol. The van der Waals surface area contributed by atoms with Crippen molar-refractivity contribution in [2.45, 2.75) is 12.7 Å². The van der Waals surface area contributed by atoms with Gasteiger partial charge in [-0.05, 0) is 11.6 Å². The van der Waals surface area contributed by atoms with Crippen LogP contribution < -0.4 is 5.32 Å². The van der Waals surface area contributed by atoms with Crippen LogP contribution in [-0.4, -0.2) is 5.91 Å². The van der Waals surface area contributed by atoms with E-state index in [2.05, 4.69) is 5.32 Å². The Morgan fingerprint density at radius 2 is 2.00 bits per heavy atom. The Morgan fingerprint density at radius 3 is 2.64 bits per heavy atom. The van der Waals surface area contributed by atoms with E-state index in [1.807, 2.05) is 0 Å². The van der Waals surface area contributed by atoms with Crippen LogP contribution in [0.1, 0.15) is 21.5 Å². The van der Waals surface area contributed by atoms with Crippen molar-refractivity contribution >= 4 is 5.91 Å². The molecule has 2 rings (SSSR count). The summed E-state index contributed by atoms with van der Waals surface area (Å²) in [4.78, 5) is 11.1. The Balaban J connectivity index is 2.64. The summed E-state index contributed by atoms with van der Waals surface area (Å²) in [5, 5.41) is 2.36. The van der Waals surface area contributed by atoms with Gasteiger partial charge in [0.1, 0.15) is 0 Å². The fourth-order valence-corrected chi connectivity index (χ4v) is 1.52. The molecular weight excluding hydrogens is 195 g/mol. The van der Waals surface area contributed by atoms with Crippen LogP contribution in [0.3, 0.4) is 0 Å². The monoisotopic (exact) mass is 201 g/mol. The molecule has 2 nitrogen and oxygen atoms in total. The SMILES string of the molecule is O=C1NCc2cccc(C(F)(F)F)c21. The van der Waals surface area contributed by atoms with E-state index < -0.39 is 17.6 Å². The zero-order valence-electron chi connectivity index (χ0n) is 6.98. The van der Waals surface area contributed by atoms with Gasteiger partial charge in [-0.25, -0.2) is 0 Å². The molecule has 0 aliphatic carbocycles. The summed E-state index contributed by atoms with van der Waals surface area (Å²) in [5.41, 5.74) is -0.685. The lowest BCUT2D eigenvalue weighted by molar-refractivity contribution is -0.137. The van der Waals surface area contributed by atoms with E-state index in [9.17, 15) is 18.0 Å². The Kier molecular flexibility index (Phi) is 1.77. The van der Waals surface area contributed by atoms with Gasteiger partial charge in [-0.15, -0.1) is 0 Å². The third-order valence-corrected chi connectivity index (χ3v) is 2.12. The number of hydrogen-bond acceptors (Lipinski definition) is 1. The van der Waals surface area contributed by atoms with Crippen LogP contribution in [0, 0.1) is 0 Å². The van der Waals surface area contributed by atoms with E-state index in [0.717, 1.165) is 6.07 Å². The van der Waals surface area contributed by atoms with Crippen molar-refractivity contribution in [3.8, 4) is 0 Å². The number of halogens is 3. The molecular formula is C9H6F3NO. The van der Waals surface area contributed by atoms with E-state index in [4.69, 9.17) is 0 Å². The minimum absolute atomic E-state index is 0.179. The van der Waals surface area contributed by atoms with Gasteiger partial charge in [-0.1, -0.05) is 12.1 Å². The first-order chi connectivity index (χ1) is 6.50. The molecule has 1 aliphatic heterocycles. The molecule has 1 aliphatic rings. The van der Waals surface area contributed by atoms with Gasteiger partial charge in [0.2, 0.25) is 0 Å². The topological polar surface area (TPSA) is 29.1 Å². The number of fused-ring (bicyclic) bond motifs is 1. The minimum atomic E-state index is -4.47. The Labute approximate surface area is 77.7 Å². The maximum absolute atomic E-state index is 12.4. The van der Waals surface area contributed by atoms with E-state index in [0.29, 0.717) is 5.56 Å². The molecule has 0 unspecified atom stereocenters. The van der Waals surface area contributed by atoms with Crippen molar-refractivity contribution in [1.82, 2.24) is 5.32 Å². The van der Waals surface area contributed by atoms with Crippen molar-refractivity contribution in [3.63, 3.8) is 0 Å². The predicted octanol–water partition coefficient (Wildman–Crippen LogP) is 1.95. The highest BCUT2D eigenvalue weighted by Gasteiger charge is 2.37. The van der Waals surface area contributed by atoms with E-state index in [1.165, 1.54) is 12.1 Å². The molecule has 0 spiro atoms. The molecule has 14 heavy (non-hydrogen) atoms. The lowest BCUT2D eigenvalue weighted by Gasteiger charge is -2.09. The van der Waals surface area contributed by atoms with Crippen molar-refractivity contribution in [2.75, 3.05) is 0 Å². The second-order valence-corrected chi connectivity index (χ2v) is 3.02. The fraction of sp³-hybridized carbons (Fsp3) is 0.222. The number of alkyl halides is 3. The number of carbonyl (C=O) groups is 1. The smallest absolute Gasteiger partial charge is 0.348 e. The first-order valence-corrected chi connectivity index (χ1v) is 3.97. The summed E-state index contributed by atoms with van der Waals surface area (Å²) < 4.78 is 37.3. The van der Waals surface area contributed by atoms with Gasteiger partial charge in [0, 0.05) is 6.54 Å². The summed E-state index contributed by atoms with van der Waals surface area (Å²) in [6.07, 6.45) is -4.47. The molecule has 1 aromatic carbocycles. The third kappa shape index (κ3) is 1.25. The third-order valence-electron chi connectivity index (χ3n) is 2.12. The van der Waals surface area contributed by atoms with Crippen LogP contribution >= 0.6 is 0 Å². The van der Waals surface area contributed by atoms with Gasteiger partial charge in [-0.2, -0.15) is 13.2 Å². The molecule has 0 fully saturated rings. The number of rotatable bonds is 0. The maximum atomic E-state index is 12.4. The van der Waals surface area contributed by atoms with Gasteiger partial charge >= 0.3 is 6.18 Å². The van der Waals surface area contributed by atoms with Gasteiger partial charge in [0.25, 0.3) is 5.91 Å². The number of nitrogens with one attached hydrogen (secondary N) is 1. The molecule has 0 radical (unpaired) electrons. The summed E-state index contributed by atoms with van der Waals surface area (Å²) in [6, 6.07) is 3.74. The van der Waals surface area contributed by atoms with Crippen LogP contribution in [0.5, 0.6) is 0 Å². The van der Waals surface area contributed by atoms with Crippen LogP contribution in [0.15, 0.2) is 18.2 Å². The minimum Gasteiger partial charge on any atom is -0.348 e. The molecule has 0 saturated heterocycles. The van der Waals surface area contributed by atoms with Crippen molar-refractivity contribution in [3.05, 3.63) is 34.9 Å². The number of hydrogen-bond donors (Lipinski definition) is 1. The van der Waals surface area contributed by atoms with E-state index in [-0.39, 0.29) is 12.1 Å². The normalized spacial score (nSPS) is 15.2. The van der Waals surface area contributed by atoms with Crippen molar-refractivity contribution in [2.24, 2.45) is 0 Å². The first-order valence-electron chi connectivity index (χ1n) is 3.97. The zero-order valence-corrected chi connectivity index (χ0v) is 6.98. The molecule has 1 amide bonds. The summed E-state index contributed by atoms with van der Waals surface area (Å²) in [7, 11) is 0. The van der Waals surface area contributed by atoms with Crippen LogP contribution in [0.25, 0.3) is 0 Å². The van der Waals surface area contributed by atoms with Crippen LogP contribution in [-0.2, 0) is 12.7 Å². The summed E-state index contributed by atoms with van der Waals surface area (Å²) in [5.74, 6) is -0.645. The highest BCUT2D eigenvalue weighted by Crippen LogP contribution is 2.34. The van der Waals surface area contributed by atoms with Gasteiger partial charge < -0.3 is 5.32 Å². The average molecular weight is 201 g/mol. The molecule has 1 N–H and O–H groups in total. The lowest BCUT2D eigenvalue weighted by Crippen LogP contribution is -2.17. The van der Waals surface area contributed by atoms with Crippen molar-refractivity contribution in [1.29, 1.82) is 0 Å². The lowest BCUT2D eigenvalue weighted by atomic mass is 10.0. The first kappa shape index (κ1) is 9.05. The highest BCUT2D eigenvalue weighted by atomic mass is 19.4. The number of amides is 1. The fourth-order valence-electron chi connectivity index (χ4n) is 1.52. The Bertz CT molecular complexity index is 398. The molecule has 0 saturated carbocycles. The van der Waals surface area contributed by atoms with Crippen LogP contribution in [0.4, 0.5) is 13.2 Å².